The van der Waals surface area contributed by atoms with Crippen molar-refractivity contribution < 1.29 is 13.6 Å². The van der Waals surface area contributed by atoms with Crippen LogP contribution in [0.4, 0.5) is 8.78 Å². The quantitative estimate of drug-likeness (QED) is 0.425. The van der Waals surface area contributed by atoms with Crippen LogP contribution in [0.25, 0.3) is 0 Å². The van der Waals surface area contributed by atoms with Gasteiger partial charge in [0, 0.05) is 6.42 Å². The van der Waals surface area contributed by atoms with Crippen LogP contribution >= 0.6 is 0 Å². The van der Waals surface area contributed by atoms with E-state index in [-0.39, 0.29) is 18.5 Å². The van der Waals surface area contributed by atoms with Crippen molar-refractivity contribution in [1.29, 1.82) is 0 Å². The maximum absolute atomic E-state index is 12.5. The Morgan fingerprint density at radius 1 is 1.64 bits per heavy atom. The molecule has 0 radical (unpaired) electrons. The zero-order valence-electron chi connectivity index (χ0n) is 5.81. The summed E-state index contributed by atoms with van der Waals surface area (Å²) in [4.78, 5) is 12.9. The molecule has 1 rings (SSSR count). The second kappa shape index (κ2) is 2.93. The number of aliphatic imine (C=N–C) groups is 1. The first kappa shape index (κ1) is 8.08. The molecule has 0 amide bonds. The molecule has 0 spiro atoms. The normalized spacial score (nSPS) is 21.8. The van der Waals surface area contributed by atoms with E-state index in [1.54, 1.807) is 6.08 Å². The Kier molecular flexibility index (Phi) is 2.15. The fraction of sp³-hybridized carbons (Fsp3) is 0.571. The van der Waals surface area contributed by atoms with E-state index in [2.05, 4.69) is 4.99 Å². The number of isocyanates is 1. The fourth-order valence-corrected chi connectivity index (χ4v) is 1.02. The van der Waals surface area contributed by atoms with E-state index >= 15 is 0 Å². The van der Waals surface area contributed by atoms with Crippen molar-refractivity contribution in [2.45, 2.75) is 25.2 Å². The maximum atomic E-state index is 12.5. The lowest BCUT2D eigenvalue weighted by Gasteiger charge is -2.18. The summed E-state index contributed by atoms with van der Waals surface area (Å²) < 4.78 is 25.1. The molecule has 60 valence electrons. The first-order valence-electron chi connectivity index (χ1n) is 3.29. The van der Waals surface area contributed by atoms with E-state index in [4.69, 9.17) is 0 Å². The zero-order valence-corrected chi connectivity index (χ0v) is 5.81. The Hall–Kier alpha value is -1.02. The van der Waals surface area contributed by atoms with E-state index in [0.29, 0.717) is 0 Å². The molecule has 2 nitrogen and oxygen atoms in total. The van der Waals surface area contributed by atoms with Crippen LogP contribution in [0.2, 0.25) is 0 Å². The Morgan fingerprint density at radius 2 is 2.36 bits per heavy atom. The van der Waals surface area contributed by atoms with Gasteiger partial charge in [0.15, 0.2) is 0 Å². The maximum Gasteiger partial charge on any atom is 0.253 e. The largest absolute Gasteiger partial charge is 0.253 e. The second-order valence-corrected chi connectivity index (χ2v) is 2.47. The topological polar surface area (TPSA) is 29.4 Å². The van der Waals surface area contributed by atoms with Crippen molar-refractivity contribution in [3.05, 3.63) is 11.8 Å². The van der Waals surface area contributed by atoms with E-state index in [1.807, 2.05) is 0 Å². The van der Waals surface area contributed by atoms with Crippen LogP contribution in [-0.2, 0) is 4.79 Å². The van der Waals surface area contributed by atoms with Gasteiger partial charge in [-0.1, -0.05) is 6.08 Å². The summed E-state index contributed by atoms with van der Waals surface area (Å²) in [5.74, 6) is -2.69. The third-order valence-corrected chi connectivity index (χ3v) is 1.52. The lowest BCUT2D eigenvalue weighted by molar-refractivity contribution is -0.0107. The number of halogens is 2. The zero-order chi connectivity index (χ0) is 8.32. The highest BCUT2D eigenvalue weighted by atomic mass is 19.3. The van der Waals surface area contributed by atoms with Gasteiger partial charge < -0.3 is 0 Å². The molecule has 0 atom stereocenters. The van der Waals surface area contributed by atoms with Crippen LogP contribution in [-0.4, -0.2) is 12.0 Å². The number of rotatable bonds is 1. The van der Waals surface area contributed by atoms with Gasteiger partial charge in [-0.2, -0.15) is 4.99 Å². The molecule has 0 heterocycles. The molecular formula is C7H7F2NO. The number of nitrogens with zero attached hydrogens (tertiary/aromatic N) is 1. The Labute approximate surface area is 62.6 Å². The molecule has 0 aliphatic heterocycles. The number of hydrogen-bond donors (Lipinski definition) is 0. The van der Waals surface area contributed by atoms with Crippen molar-refractivity contribution in [1.82, 2.24) is 0 Å². The highest BCUT2D eigenvalue weighted by Crippen LogP contribution is 2.33. The first-order valence-corrected chi connectivity index (χ1v) is 3.29. The van der Waals surface area contributed by atoms with Gasteiger partial charge >= 0.3 is 0 Å². The molecule has 4 heteroatoms. The molecule has 0 aromatic rings. The molecule has 0 N–H and O–H groups in total. The lowest BCUT2D eigenvalue weighted by atomic mass is 10.0. The summed E-state index contributed by atoms with van der Waals surface area (Å²) in [6.45, 7) is 0. The Bertz CT molecular complexity index is 229. The number of carbonyl (C=O) groups excluding carboxylic acids is 1. The number of hydrogen-bond acceptors (Lipinski definition) is 2. The van der Waals surface area contributed by atoms with Crippen LogP contribution in [0, 0.1) is 0 Å². The molecule has 0 saturated carbocycles. The minimum Gasteiger partial charge on any atom is -0.211 e. The molecule has 0 unspecified atom stereocenters. The van der Waals surface area contributed by atoms with Crippen molar-refractivity contribution in [2.75, 3.05) is 0 Å². The van der Waals surface area contributed by atoms with E-state index < -0.39 is 12.3 Å². The molecule has 0 aromatic heterocycles. The molecule has 0 fully saturated rings. The average Bonchev–Trinajstić information content (AvgIpc) is 1.85. The van der Waals surface area contributed by atoms with E-state index in [0.717, 1.165) is 0 Å². The molecule has 1 aliphatic rings. The molecule has 1 aliphatic carbocycles. The predicted octanol–water partition coefficient (Wildman–Crippen LogP) is 2.03. The summed E-state index contributed by atoms with van der Waals surface area (Å²) in [5.41, 5.74) is 0.149. The van der Waals surface area contributed by atoms with Crippen molar-refractivity contribution in [2.24, 2.45) is 4.99 Å². The second-order valence-electron chi connectivity index (χ2n) is 2.47. The summed E-state index contributed by atoms with van der Waals surface area (Å²) >= 11 is 0. The highest BCUT2D eigenvalue weighted by Gasteiger charge is 2.32. The molecular weight excluding hydrogens is 152 g/mol. The van der Waals surface area contributed by atoms with Gasteiger partial charge in [-0.3, -0.25) is 0 Å². The van der Waals surface area contributed by atoms with E-state index in [9.17, 15) is 13.6 Å². The van der Waals surface area contributed by atoms with Crippen molar-refractivity contribution in [3.8, 4) is 0 Å². The van der Waals surface area contributed by atoms with Gasteiger partial charge in [-0.15, -0.1) is 0 Å². The smallest absolute Gasteiger partial charge is 0.211 e. The molecule has 0 aromatic carbocycles. The van der Waals surface area contributed by atoms with Crippen molar-refractivity contribution in [3.63, 3.8) is 0 Å². The summed E-state index contributed by atoms with van der Waals surface area (Å²) in [6.07, 6.45) is 2.50. The van der Waals surface area contributed by atoms with Gasteiger partial charge in [-0.05, 0) is 6.42 Å². The van der Waals surface area contributed by atoms with Crippen molar-refractivity contribution >= 4 is 6.08 Å². The number of alkyl halides is 2. The molecule has 0 saturated heterocycles. The number of allylic oxidation sites excluding steroid dienone is 2. The van der Waals surface area contributed by atoms with Crippen LogP contribution < -0.4 is 0 Å². The minimum atomic E-state index is -2.69. The summed E-state index contributed by atoms with van der Waals surface area (Å²) in [5, 5.41) is 0. The van der Waals surface area contributed by atoms with Crippen LogP contribution in [0.5, 0.6) is 0 Å². The van der Waals surface area contributed by atoms with Gasteiger partial charge in [-0.25, -0.2) is 13.6 Å². The van der Waals surface area contributed by atoms with Gasteiger partial charge in [0.05, 0.1) is 12.1 Å². The van der Waals surface area contributed by atoms with Gasteiger partial charge in [0.25, 0.3) is 5.92 Å². The van der Waals surface area contributed by atoms with Gasteiger partial charge in [0.2, 0.25) is 6.08 Å². The van der Waals surface area contributed by atoms with E-state index in [1.165, 1.54) is 6.08 Å². The first-order chi connectivity index (χ1) is 5.14. The van der Waals surface area contributed by atoms with Gasteiger partial charge in [0.1, 0.15) is 0 Å². The Balaban J connectivity index is 2.70. The summed E-state index contributed by atoms with van der Waals surface area (Å²) in [7, 11) is 0. The lowest BCUT2D eigenvalue weighted by Crippen LogP contribution is -2.19. The standard InChI is InChI=1S/C7H7F2NO/c8-7(9)3-1-2-6(4-7)10-5-11/h2H,1,3-4H2. The third kappa shape index (κ3) is 2.24. The van der Waals surface area contributed by atoms with Crippen LogP contribution in [0.15, 0.2) is 16.8 Å². The molecule has 11 heavy (non-hydrogen) atoms. The third-order valence-electron chi connectivity index (χ3n) is 1.52. The van der Waals surface area contributed by atoms with Crippen LogP contribution in [0.3, 0.4) is 0 Å². The predicted molar refractivity (Wildman–Crippen MR) is 35.0 cm³/mol. The minimum absolute atomic E-state index is 0.148. The fourth-order valence-electron chi connectivity index (χ4n) is 1.02. The van der Waals surface area contributed by atoms with Crippen LogP contribution in [0.1, 0.15) is 19.3 Å². The SMILES string of the molecule is O=C=NC1=CCCC(F)(F)C1. The monoisotopic (exact) mass is 159 g/mol. The Morgan fingerprint density at radius 3 is 2.91 bits per heavy atom. The average molecular weight is 159 g/mol. The molecule has 0 bridgehead atoms. The summed E-state index contributed by atoms with van der Waals surface area (Å²) in [6, 6.07) is 0. The highest BCUT2D eigenvalue weighted by molar-refractivity contribution is 5.37.